The van der Waals surface area contributed by atoms with E-state index in [2.05, 4.69) is 76.0 Å². The van der Waals surface area contributed by atoms with Crippen LogP contribution in [-0.2, 0) is 0 Å². The van der Waals surface area contributed by atoms with E-state index in [1.165, 1.54) is 42.9 Å². The van der Waals surface area contributed by atoms with Crippen LogP contribution in [0.15, 0.2) is 40.2 Å². The van der Waals surface area contributed by atoms with Gasteiger partial charge in [0, 0.05) is 4.91 Å². The summed E-state index contributed by atoms with van der Waals surface area (Å²) in [5.74, 6) is 0. The number of azide groups is 1. The minimum Gasteiger partial charge on any atom is -0.396 e. The van der Waals surface area contributed by atoms with Crippen LogP contribution < -0.4 is 0 Å². The fraction of sp³-hybridized carbons (Fsp3) is 0.760. The summed E-state index contributed by atoms with van der Waals surface area (Å²) in [5.41, 5.74) is 9.96. The van der Waals surface area contributed by atoms with E-state index < -0.39 is 20.2 Å². The molecule has 0 heterocycles. The van der Waals surface area contributed by atoms with Crippen LogP contribution in [0.2, 0.25) is 18.1 Å². The van der Waals surface area contributed by atoms with Gasteiger partial charge in [0.15, 0.2) is 0 Å². The number of rotatable bonds is 15. The molecule has 0 saturated carbocycles. The Kier molecular flexibility index (Phi) is 14.8. The van der Waals surface area contributed by atoms with E-state index in [1.807, 2.05) is 6.08 Å². The third-order valence-electron chi connectivity index (χ3n) is 6.57. The third kappa shape index (κ3) is 11.7. The lowest BCUT2D eigenvalue weighted by Gasteiger charge is -2.40. The van der Waals surface area contributed by atoms with E-state index in [-0.39, 0.29) is 11.6 Å². The molecule has 0 amide bonds. The maximum absolute atomic E-state index is 10.6. The van der Waals surface area contributed by atoms with E-state index in [9.17, 15) is 10.2 Å². The van der Waals surface area contributed by atoms with Gasteiger partial charge in [0.05, 0.1) is 26.8 Å². The van der Waals surface area contributed by atoms with Crippen LogP contribution in [0.5, 0.6) is 0 Å². The van der Waals surface area contributed by atoms with Crippen LogP contribution in [-0.4, -0.2) is 37.0 Å². The molecule has 2 atom stereocenters. The molecule has 178 valence electrons. The average Bonchev–Trinajstić information content (AvgIpc) is 2.69. The Morgan fingerprint density at radius 2 is 1.77 bits per heavy atom. The first kappa shape index (κ1) is 29.7. The summed E-state index contributed by atoms with van der Waals surface area (Å²) in [7, 11) is -1.86. The monoisotopic (exact) mass is 449 g/mol. The van der Waals surface area contributed by atoms with Gasteiger partial charge in [-0.1, -0.05) is 107 Å². The van der Waals surface area contributed by atoms with Crippen molar-refractivity contribution in [2.75, 3.05) is 6.61 Å². The van der Waals surface area contributed by atoms with Crippen molar-refractivity contribution < 1.29 is 10.2 Å². The normalized spacial score (nSPS) is 15.8. The highest BCUT2D eigenvalue weighted by molar-refractivity contribution is 6.86. The van der Waals surface area contributed by atoms with Crippen LogP contribution in [0.3, 0.4) is 0 Å². The Bertz CT molecular complexity index is 642. The Hall–Kier alpha value is -1.33. The van der Waals surface area contributed by atoms with Gasteiger partial charge in [0.1, 0.15) is 0 Å². The molecule has 2 N–H and O–H groups in total. The van der Waals surface area contributed by atoms with Crippen molar-refractivity contribution in [3.05, 3.63) is 45.5 Å². The van der Waals surface area contributed by atoms with Gasteiger partial charge < -0.3 is 10.2 Å². The summed E-state index contributed by atoms with van der Waals surface area (Å²) < 4.78 is 0. The second-order valence-corrected chi connectivity index (χ2v) is 15.5. The first-order chi connectivity index (χ1) is 14.5. The standard InChI is InChI=1S/C25H47N3O2Si/c1-8-9-10-11-12-13-14-16-21(2)17-15-18-22(31(6,7)25(3,4)5)19-24(30)23(20-29)27-28-26/h14,16-17,19,23-24,29-30H,8-13,15,18,20H2,1-7H3/b16-14+,21-17+,22-19-/t23-,24+/m0/s1. The van der Waals surface area contributed by atoms with Crippen molar-refractivity contribution in [3.8, 4) is 0 Å². The van der Waals surface area contributed by atoms with Crippen LogP contribution in [0.4, 0.5) is 0 Å². The first-order valence-electron chi connectivity index (χ1n) is 11.9. The Labute approximate surface area is 192 Å². The van der Waals surface area contributed by atoms with Gasteiger partial charge >= 0.3 is 0 Å². The number of unbranched alkanes of at least 4 members (excludes halogenated alkanes) is 5. The zero-order valence-corrected chi connectivity index (χ0v) is 22.1. The number of aliphatic hydroxyl groups is 2. The first-order valence-corrected chi connectivity index (χ1v) is 14.9. The summed E-state index contributed by atoms with van der Waals surface area (Å²) >= 11 is 0. The van der Waals surface area contributed by atoms with Gasteiger partial charge in [-0.2, -0.15) is 0 Å². The lowest BCUT2D eigenvalue weighted by molar-refractivity contribution is 0.144. The fourth-order valence-electron chi connectivity index (χ4n) is 3.34. The molecule has 0 rings (SSSR count). The third-order valence-corrected chi connectivity index (χ3v) is 12.3. The Balaban J connectivity index is 5.16. The number of aliphatic hydroxyl groups excluding tert-OH is 2. The van der Waals surface area contributed by atoms with E-state index in [0.717, 1.165) is 19.3 Å². The SMILES string of the molecule is CCCCCCC/C=C/C(C)=C/CC/C(=C/[C@@H](O)[C@H](CO)N=[N+]=[N-])[Si](C)(C)C(C)(C)C. The maximum atomic E-state index is 10.6. The van der Waals surface area contributed by atoms with E-state index >= 15 is 0 Å². The van der Waals surface area contributed by atoms with Crippen LogP contribution >= 0.6 is 0 Å². The molecule has 0 aromatic heterocycles. The molecular formula is C25H47N3O2Si. The minimum atomic E-state index is -1.86. The van der Waals surface area contributed by atoms with Crippen molar-refractivity contribution in [1.82, 2.24) is 0 Å². The van der Waals surface area contributed by atoms with Crippen LogP contribution in [0, 0.1) is 0 Å². The van der Waals surface area contributed by atoms with Crippen molar-refractivity contribution in [2.24, 2.45) is 5.11 Å². The quantitative estimate of drug-likeness (QED) is 0.0671. The van der Waals surface area contributed by atoms with Crippen molar-refractivity contribution in [2.45, 2.75) is 116 Å². The van der Waals surface area contributed by atoms with Crippen LogP contribution in [0.25, 0.3) is 10.4 Å². The number of hydrogen-bond acceptors (Lipinski definition) is 3. The molecule has 0 spiro atoms. The van der Waals surface area contributed by atoms with Gasteiger partial charge in [-0.05, 0) is 43.2 Å². The van der Waals surface area contributed by atoms with Gasteiger partial charge in [-0.25, -0.2) is 0 Å². The van der Waals surface area contributed by atoms with Gasteiger partial charge in [0.25, 0.3) is 0 Å². The summed E-state index contributed by atoms with van der Waals surface area (Å²) in [6.45, 7) is 15.4. The van der Waals surface area contributed by atoms with Gasteiger partial charge in [-0.3, -0.25) is 0 Å². The molecule has 31 heavy (non-hydrogen) atoms. The second kappa shape index (κ2) is 15.5. The molecule has 0 aliphatic carbocycles. The number of allylic oxidation sites excluding steroid dienone is 5. The van der Waals surface area contributed by atoms with E-state index in [0.29, 0.717) is 0 Å². The minimum absolute atomic E-state index is 0.127. The average molecular weight is 450 g/mol. The highest BCUT2D eigenvalue weighted by Crippen LogP contribution is 2.42. The molecule has 0 aromatic rings. The highest BCUT2D eigenvalue weighted by Gasteiger charge is 2.38. The zero-order valence-electron chi connectivity index (χ0n) is 21.1. The van der Waals surface area contributed by atoms with Gasteiger partial charge in [0.2, 0.25) is 0 Å². The van der Waals surface area contributed by atoms with Gasteiger partial charge in [-0.15, -0.1) is 0 Å². The molecule has 0 radical (unpaired) electrons. The highest BCUT2D eigenvalue weighted by atomic mass is 28.3. The fourth-order valence-corrected chi connectivity index (χ4v) is 5.66. The number of nitrogens with zero attached hydrogens (tertiary/aromatic N) is 3. The Morgan fingerprint density at radius 3 is 2.32 bits per heavy atom. The van der Waals surface area contributed by atoms with E-state index in [4.69, 9.17) is 5.53 Å². The van der Waals surface area contributed by atoms with Crippen LogP contribution in [0.1, 0.15) is 86.0 Å². The molecule has 0 unspecified atom stereocenters. The molecule has 0 bridgehead atoms. The number of hydrogen-bond donors (Lipinski definition) is 2. The Morgan fingerprint density at radius 1 is 1.13 bits per heavy atom. The second-order valence-electron chi connectivity index (χ2n) is 10.1. The smallest absolute Gasteiger partial charge is 0.0900 e. The van der Waals surface area contributed by atoms with Crippen molar-refractivity contribution in [3.63, 3.8) is 0 Å². The topological polar surface area (TPSA) is 89.2 Å². The molecule has 0 aliphatic heterocycles. The van der Waals surface area contributed by atoms with Crippen molar-refractivity contribution >= 4 is 8.07 Å². The van der Waals surface area contributed by atoms with Crippen molar-refractivity contribution in [1.29, 1.82) is 0 Å². The molecular weight excluding hydrogens is 402 g/mol. The van der Waals surface area contributed by atoms with E-state index in [1.54, 1.807) is 0 Å². The molecule has 0 fully saturated rings. The summed E-state index contributed by atoms with van der Waals surface area (Å²) in [6.07, 6.45) is 17.1. The summed E-state index contributed by atoms with van der Waals surface area (Å²) in [4.78, 5) is 2.76. The largest absolute Gasteiger partial charge is 0.396 e. The molecule has 0 saturated heterocycles. The molecule has 0 aromatic carbocycles. The zero-order chi connectivity index (χ0) is 23.9. The molecule has 6 heteroatoms. The lowest BCUT2D eigenvalue weighted by atomic mass is 10.1. The molecule has 0 aliphatic rings. The summed E-state index contributed by atoms with van der Waals surface area (Å²) in [6, 6.07) is -0.845. The predicted octanol–water partition coefficient (Wildman–Crippen LogP) is 7.64. The maximum Gasteiger partial charge on any atom is 0.0900 e. The molecule has 5 nitrogen and oxygen atoms in total. The summed E-state index contributed by atoms with van der Waals surface area (Å²) in [5, 5.41) is 24.9. The lowest BCUT2D eigenvalue weighted by Crippen LogP contribution is -2.41. The predicted molar refractivity (Wildman–Crippen MR) is 137 cm³/mol.